The van der Waals surface area contributed by atoms with E-state index in [1.165, 1.54) is 6.07 Å². The van der Waals surface area contributed by atoms with Crippen LogP contribution in [0.25, 0.3) is 0 Å². The second-order valence-corrected chi connectivity index (χ2v) is 5.97. The summed E-state index contributed by atoms with van der Waals surface area (Å²) in [5.74, 6) is 0. The van der Waals surface area contributed by atoms with Crippen LogP contribution in [-0.2, 0) is 9.05 Å². The maximum Gasteiger partial charge on any atom is 0.262 e. The molecule has 0 aliphatic carbocycles. The highest BCUT2D eigenvalue weighted by molar-refractivity contribution is 14.1. The Morgan fingerprint density at radius 1 is 1.50 bits per heavy atom. The van der Waals surface area contributed by atoms with E-state index in [1.54, 1.807) is 0 Å². The first-order valence-corrected chi connectivity index (χ1v) is 6.43. The predicted octanol–water partition coefficient (Wildman–Crippen LogP) is 2.27. The van der Waals surface area contributed by atoms with E-state index in [0.717, 1.165) is 6.20 Å². The van der Waals surface area contributed by atoms with Crippen LogP contribution in [0.1, 0.15) is 0 Å². The van der Waals surface area contributed by atoms with E-state index in [1.807, 2.05) is 22.6 Å². The normalized spacial score (nSPS) is 11.6. The maximum atomic E-state index is 10.8. The minimum absolute atomic E-state index is 0.0435. The molecule has 0 fully saturated rings. The van der Waals surface area contributed by atoms with Crippen molar-refractivity contribution in [3.63, 3.8) is 0 Å². The molecule has 0 N–H and O–H groups in total. The van der Waals surface area contributed by atoms with Crippen molar-refractivity contribution in [2.45, 2.75) is 4.90 Å². The first-order chi connectivity index (χ1) is 5.41. The van der Waals surface area contributed by atoms with Crippen LogP contribution < -0.4 is 0 Å². The van der Waals surface area contributed by atoms with Gasteiger partial charge in [-0.1, -0.05) is 11.6 Å². The topological polar surface area (TPSA) is 47.0 Å². The lowest BCUT2D eigenvalue weighted by Gasteiger charge is -1.97. The third-order valence-electron chi connectivity index (χ3n) is 1.05. The Labute approximate surface area is 92.6 Å². The Bertz CT molecular complexity index is 406. The molecular formula is C5H2Cl2INO2S. The lowest BCUT2D eigenvalue weighted by molar-refractivity contribution is 0.609. The lowest BCUT2D eigenvalue weighted by atomic mass is 10.5. The first kappa shape index (κ1) is 10.5. The van der Waals surface area contributed by atoms with Crippen molar-refractivity contribution in [1.29, 1.82) is 0 Å². The smallest absolute Gasteiger partial charge is 0.242 e. The molecule has 0 aromatic carbocycles. The van der Waals surface area contributed by atoms with Crippen LogP contribution in [0.5, 0.6) is 0 Å². The molecule has 0 radical (unpaired) electrons. The van der Waals surface area contributed by atoms with E-state index < -0.39 is 9.05 Å². The number of aromatic nitrogens is 1. The van der Waals surface area contributed by atoms with Gasteiger partial charge in [0.1, 0.15) is 10.0 Å². The summed E-state index contributed by atoms with van der Waals surface area (Å²) in [4.78, 5) is 3.60. The fourth-order valence-electron chi connectivity index (χ4n) is 0.537. The molecule has 0 aliphatic rings. The minimum Gasteiger partial charge on any atom is -0.242 e. The van der Waals surface area contributed by atoms with Gasteiger partial charge in [0.2, 0.25) is 0 Å². The van der Waals surface area contributed by atoms with Crippen molar-refractivity contribution in [3.8, 4) is 0 Å². The minimum atomic E-state index is -3.70. The summed E-state index contributed by atoms with van der Waals surface area (Å²) in [5, 5.41) is 0.264. The van der Waals surface area contributed by atoms with E-state index in [0.29, 0.717) is 3.57 Å². The molecule has 1 aromatic heterocycles. The molecule has 12 heavy (non-hydrogen) atoms. The SMILES string of the molecule is O=S(=O)(Cl)c1cnc(Cl)c(I)c1. The molecule has 1 aromatic rings. The summed E-state index contributed by atoms with van der Waals surface area (Å²) < 4.78 is 22.1. The van der Waals surface area contributed by atoms with Crippen molar-refractivity contribution in [2.24, 2.45) is 0 Å². The molecule has 66 valence electrons. The Morgan fingerprint density at radius 2 is 2.08 bits per heavy atom. The second kappa shape index (κ2) is 3.65. The van der Waals surface area contributed by atoms with Crippen molar-refractivity contribution < 1.29 is 8.42 Å². The van der Waals surface area contributed by atoms with E-state index in [2.05, 4.69) is 4.98 Å². The van der Waals surface area contributed by atoms with Crippen LogP contribution in [0, 0.1) is 3.57 Å². The number of pyridine rings is 1. The summed E-state index contributed by atoms with van der Waals surface area (Å²) in [7, 11) is 1.37. The molecule has 0 amide bonds. The Balaban J connectivity index is 3.33. The molecule has 1 rings (SSSR count). The van der Waals surface area contributed by atoms with Gasteiger partial charge in [0.15, 0.2) is 0 Å². The summed E-state index contributed by atoms with van der Waals surface area (Å²) >= 11 is 7.45. The van der Waals surface area contributed by atoms with Gasteiger partial charge in [0.05, 0.1) is 3.57 Å². The number of rotatable bonds is 1. The second-order valence-electron chi connectivity index (χ2n) is 1.88. The number of hydrogen-bond acceptors (Lipinski definition) is 3. The quantitative estimate of drug-likeness (QED) is 0.448. The van der Waals surface area contributed by atoms with E-state index in [-0.39, 0.29) is 10.0 Å². The molecule has 3 nitrogen and oxygen atoms in total. The zero-order valence-corrected chi connectivity index (χ0v) is 9.95. The zero-order valence-electron chi connectivity index (χ0n) is 5.46. The van der Waals surface area contributed by atoms with E-state index >= 15 is 0 Å². The molecular weight excluding hydrogens is 336 g/mol. The van der Waals surface area contributed by atoms with Gasteiger partial charge in [-0.3, -0.25) is 0 Å². The van der Waals surface area contributed by atoms with Crippen LogP contribution >= 0.6 is 44.9 Å². The van der Waals surface area contributed by atoms with Crippen LogP contribution in [0.2, 0.25) is 5.15 Å². The maximum absolute atomic E-state index is 10.8. The number of nitrogens with zero attached hydrogens (tertiary/aromatic N) is 1. The van der Waals surface area contributed by atoms with Crippen molar-refractivity contribution in [1.82, 2.24) is 4.98 Å². The largest absolute Gasteiger partial charge is 0.262 e. The third kappa shape index (κ3) is 2.45. The molecule has 0 atom stereocenters. The standard InChI is InChI=1S/C5H2Cl2INO2S/c6-5-4(8)1-3(2-9-5)12(7,10)11/h1-2H. The monoisotopic (exact) mass is 337 g/mol. The highest BCUT2D eigenvalue weighted by Gasteiger charge is 2.11. The van der Waals surface area contributed by atoms with Crippen LogP contribution in [0.3, 0.4) is 0 Å². The van der Waals surface area contributed by atoms with Crippen LogP contribution in [0.15, 0.2) is 17.2 Å². The average molecular weight is 338 g/mol. The number of halogens is 3. The van der Waals surface area contributed by atoms with Crippen LogP contribution in [-0.4, -0.2) is 13.4 Å². The van der Waals surface area contributed by atoms with Crippen molar-refractivity contribution >= 4 is 53.9 Å². The van der Waals surface area contributed by atoms with Gasteiger partial charge in [-0.25, -0.2) is 13.4 Å². The van der Waals surface area contributed by atoms with Gasteiger partial charge < -0.3 is 0 Å². The van der Waals surface area contributed by atoms with Gasteiger partial charge >= 0.3 is 0 Å². The fraction of sp³-hybridized carbons (Fsp3) is 0. The molecule has 1 heterocycles. The molecule has 0 saturated heterocycles. The molecule has 0 unspecified atom stereocenters. The van der Waals surface area contributed by atoms with Crippen molar-refractivity contribution in [3.05, 3.63) is 21.0 Å². The Hall–Kier alpha value is 0.410. The lowest BCUT2D eigenvalue weighted by Crippen LogP contribution is -1.93. The summed E-state index contributed by atoms with van der Waals surface area (Å²) in [6, 6.07) is 1.36. The van der Waals surface area contributed by atoms with Gasteiger partial charge in [0, 0.05) is 16.9 Å². The van der Waals surface area contributed by atoms with E-state index in [9.17, 15) is 8.42 Å². The summed E-state index contributed by atoms with van der Waals surface area (Å²) in [6.07, 6.45) is 1.12. The van der Waals surface area contributed by atoms with Gasteiger partial charge in [0.25, 0.3) is 9.05 Å². The number of hydrogen-bond donors (Lipinski definition) is 0. The highest BCUT2D eigenvalue weighted by atomic mass is 127. The first-order valence-electron chi connectivity index (χ1n) is 2.67. The Kier molecular flexibility index (Phi) is 3.19. The zero-order chi connectivity index (χ0) is 9.35. The summed E-state index contributed by atoms with van der Waals surface area (Å²) in [6.45, 7) is 0. The molecule has 0 aliphatic heterocycles. The fourth-order valence-corrected chi connectivity index (χ4v) is 2.02. The highest BCUT2D eigenvalue weighted by Crippen LogP contribution is 2.21. The van der Waals surface area contributed by atoms with Gasteiger partial charge in [-0.15, -0.1) is 0 Å². The van der Waals surface area contributed by atoms with Crippen LogP contribution in [0.4, 0.5) is 0 Å². The molecule has 0 bridgehead atoms. The van der Waals surface area contributed by atoms with Crippen molar-refractivity contribution in [2.75, 3.05) is 0 Å². The molecule has 7 heteroatoms. The predicted molar refractivity (Wildman–Crippen MR) is 55.0 cm³/mol. The van der Waals surface area contributed by atoms with E-state index in [4.69, 9.17) is 22.3 Å². The molecule has 0 spiro atoms. The summed E-state index contributed by atoms with van der Waals surface area (Å²) in [5.41, 5.74) is 0. The Morgan fingerprint density at radius 3 is 2.50 bits per heavy atom. The van der Waals surface area contributed by atoms with Gasteiger partial charge in [-0.2, -0.15) is 0 Å². The average Bonchev–Trinajstić information content (AvgIpc) is 1.92. The van der Waals surface area contributed by atoms with Gasteiger partial charge in [-0.05, 0) is 28.7 Å². The third-order valence-corrected chi connectivity index (χ3v) is 3.82. The molecule has 0 saturated carbocycles.